The van der Waals surface area contributed by atoms with E-state index in [0.717, 1.165) is 29.1 Å². The molecule has 8 heteroatoms. The zero-order valence-corrected chi connectivity index (χ0v) is 15.5. The Hall–Kier alpha value is -1.77. The third-order valence-electron chi connectivity index (χ3n) is 3.97. The molecule has 2 aromatic rings. The second-order valence-corrected chi connectivity index (χ2v) is 8.86. The number of sulfonamides is 1. The summed E-state index contributed by atoms with van der Waals surface area (Å²) >= 11 is 1.52. The number of hydrogen-bond donors (Lipinski definition) is 1. The first-order chi connectivity index (χ1) is 11.9. The molecule has 25 heavy (non-hydrogen) atoms. The molecule has 3 rings (SSSR count). The normalized spacial score (nSPS) is 18.0. The van der Waals surface area contributed by atoms with Crippen molar-refractivity contribution in [2.75, 3.05) is 12.4 Å². The third-order valence-corrected chi connectivity index (χ3v) is 6.05. The van der Waals surface area contributed by atoms with Crippen LogP contribution in [0.3, 0.4) is 0 Å². The Balaban J connectivity index is 1.70. The summed E-state index contributed by atoms with van der Waals surface area (Å²) < 4.78 is 32.0. The summed E-state index contributed by atoms with van der Waals surface area (Å²) in [6.45, 7) is 2.48. The first-order valence-corrected chi connectivity index (χ1v) is 10.7. The molecule has 0 radical (unpaired) electrons. The Morgan fingerprint density at radius 2 is 2.24 bits per heavy atom. The SMILES string of the molecule is Cc1nc(-c2cccc(C(=O)NS(=O)(=O)CC3CCCCO3)c2)cs1. The molecule has 0 aliphatic carbocycles. The molecule has 1 unspecified atom stereocenters. The van der Waals surface area contributed by atoms with Gasteiger partial charge in [0.25, 0.3) is 5.91 Å². The standard InChI is InChI=1S/C17H20N2O4S2/c1-12-18-16(10-24-12)13-5-4-6-14(9-13)17(20)19-25(21,22)11-15-7-2-3-8-23-15/h4-6,9-10,15H,2-3,7-8,11H2,1H3,(H,19,20). The zero-order chi connectivity index (χ0) is 17.9. The van der Waals surface area contributed by atoms with Crippen molar-refractivity contribution in [3.63, 3.8) is 0 Å². The summed E-state index contributed by atoms with van der Waals surface area (Å²) in [6, 6.07) is 6.80. The van der Waals surface area contributed by atoms with Gasteiger partial charge in [0.1, 0.15) is 0 Å². The molecule has 0 saturated carbocycles. The van der Waals surface area contributed by atoms with E-state index in [9.17, 15) is 13.2 Å². The fraction of sp³-hybridized carbons (Fsp3) is 0.412. The number of carbonyl (C=O) groups is 1. The number of carbonyl (C=O) groups excluding carboxylic acids is 1. The van der Waals surface area contributed by atoms with Crippen LogP contribution in [0.4, 0.5) is 0 Å². The van der Waals surface area contributed by atoms with E-state index in [0.29, 0.717) is 13.0 Å². The van der Waals surface area contributed by atoms with Crippen molar-refractivity contribution in [1.82, 2.24) is 9.71 Å². The lowest BCUT2D eigenvalue weighted by Gasteiger charge is -2.22. The maximum atomic E-state index is 12.3. The Morgan fingerprint density at radius 3 is 2.92 bits per heavy atom. The first kappa shape index (κ1) is 18.0. The van der Waals surface area contributed by atoms with Gasteiger partial charge < -0.3 is 4.74 Å². The average Bonchev–Trinajstić information content (AvgIpc) is 3.01. The molecule has 1 saturated heterocycles. The molecule has 1 amide bonds. The van der Waals surface area contributed by atoms with Gasteiger partial charge in [-0.2, -0.15) is 0 Å². The summed E-state index contributed by atoms with van der Waals surface area (Å²) in [5.41, 5.74) is 1.84. The number of ether oxygens (including phenoxy) is 1. The highest BCUT2D eigenvalue weighted by atomic mass is 32.2. The van der Waals surface area contributed by atoms with E-state index < -0.39 is 15.9 Å². The van der Waals surface area contributed by atoms with Crippen molar-refractivity contribution in [2.24, 2.45) is 0 Å². The minimum Gasteiger partial charge on any atom is -0.377 e. The van der Waals surface area contributed by atoms with Gasteiger partial charge in [-0.25, -0.2) is 18.1 Å². The van der Waals surface area contributed by atoms with Crippen LogP contribution in [0.2, 0.25) is 0 Å². The highest BCUT2D eigenvalue weighted by Gasteiger charge is 2.24. The molecule has 1 aromatic heterocycles. The smallest absolute Gasteiger partial charge is 0.264 e. The molecule has 0 bridgehead atoms. The molecule has 2 heterocycles. The van der Waals surface area contributed by atoms with Crippen LogP contribution in [0.15, 0.2) is 29.6 Å². The second kappa shape index (κ2) is 7.63. The van der Waals surface area contributed by atoms with Gasteiger partial charge in [0.05, 0.1) is 22.6 Å². The lowest BCUT2D eigenvalue weighted by Crippen LogP contribution is -2.38. The fourth-order valence-electron chi connectivity index (χ4n) is 2.74. The Morgan fingerprint density at radius 1 is 1.40 bits per heavy atom. The maximum absolute atomic E-state index is 12.3. The third kappa shape index (κ3) is 4.87. The van der Waals surface area contributed by atoms with E-state index in [-0.39, 0.29) is 17.4 Å². The predicted octanol–water partition coefficient (Wildman–Crippen LogP) is 2.75. The monoisotopic (exact) mass is 380 g/mol. The van der Waals surface area contributed by atoms with E-state index >= 15 is 0 Å². The quantitative estimate of drug-likeness (QED) is 0.862. The lowest BCUT2D eigenvalue weighted by molar-refractivity contribution is 0.0304. The highest BCUT2D eigenvalue weighted by molar-refractivity contribution is 7.90. The van der Waals surface area contributed by atoms with E-state index in [1.165, 1.54) is 11.3 Å². The van der Waals surface area contributed by atoms with Gasteiger partial charge in [0, 0.05) is 23.1 Å². The van der Waals surface area contributed by atoms with Crippen LogP contribution in [0.25, 0.3) is 11.3 Å². The number of benzene rings is 1. The summed E-state index contributed by atoms with van der Waals surface area (Å²) in [4.78, 5) is 16.7. The van der Waals surface area contributed by atoms with Crippen LogP contribution in [0, 0.1) is 6.92 Å². The van der Waals surface area contributed by atoms with Crippen molar-refractivity contribution >= 4 is 27.3 Å². The molecular weight excluding hydrogens is 360 g/mol. The van der Waals surface area contributed by atoms with Crippen LogP contribution in [-0.2, 0) is 14.8 Å². The van der Waals surface area contributed by atoms with Crippen LogP contribution in [-0.4, -0.2) is 37.8 Å². The second-order valence-electron chi connectivity index (χ2n) is 6.03. The minimum absolute atomic E-state index is 0.191. The van der Waals surface area contributed by atoms with Crippen LogP contribution in [0.1, 0.15) is 34.6 Å². The number of amides is 1. The van der Waals surface area contributed by atoms with E-state index in [2.05, 4.69) is 9.71 Å². The molecule has 1 aliphatic rings. The average molecular weight is 380 g/mol. The van der Waals surface area contributed by atoms with Gasteiger partial charge >= 0.3 is 0 Å². The van der Waals surface area contributed by atoms with Crippen LogP contribution >= 0.6 is 11.3 Å². The maximum Gasteiger partial charge on any atom is 0.264 e. The molecule has 0 spiro atoms. The number of aryl methyl sites for hydroxylation is 1. The first-order valence-electron chi connectivity index (χ1n) is 8.12. The largest absolute Gasteiger partial charge is 0.377 e. The van der Waals surface area contributed by atoms with Crippen LogP contribution in [0.5, 0.6) is 0 Å². The molecule has 1 aliphatic heterocycles. The summed E-state index contributed by atoms with van der Waals surface area (Å²) in [5.74, 6) is -0.825. The number of nitrogens with zero attached hydrogens (tertiary/aromatic N) is 1. The van der Waals surface area contributed by atoms with E-state index in [1.807, 2.05) is 18.4 Å². The van der Waals surface area contributed by atoms with Gasteiger partial charge in [0.15, 0.2) is 0 Å². The molecule has 1 N–H and O–H groups in total. The fourth-order valence-corrected chi connectivity index (χ4v) is 4.60. The Labute approximate surface area is 151 Å². The highest BCUT2D eigenvalue weighted by Crippen LogP contribution is 2.22. The van der Waals surface area contributed by atoms with Gasteiger partial charge in [-0.05, 0) is 38.3 Å². The Bertz CT molecular complexity index is 855. The molecule has 134 valence electrons. The molecule has 1 aromatic carbocycles. The molecular formula is C17H20N2O4S2. The minimum atomic E-state index is -3.74. The number of rotatable bonds is 5. The summed E-state index contributed by atoms with van der Waals surface area (Å²) in [5, 5.41) is 2.84. The van der Waals surface area contributed by atoms with Gasteiger partial charge in [-0.3, -0.25) is 4.79 Å². The summed E-state index contributed by atoms with van der Waals surface area (Å²) in [6.07, 6.45) is 2.26. The van der Waals surface area contributed by atoms with Gasteiger partial charge in [-0.1, -0.05) is 12.1 Å². The topological polar surface area (TPSA) is 85.4 Å². The number of aromatic nitrogens is 1. The number of hydrogen-bond acceptors (Lipinski definition) is 6. The zero-order valence-electron chi connectivity index (χ0n) is 13.9. The Kier molecular flexibility index (Phi) is 5.51. The van der Waals surface area contributed by atoms with Crippen molar-refractivity contribution in [1.29, 1.82) is 0 Å². The van der Waals surface area contributed by atoms with Crippen LogP contribution < -0.4 is 4.72 Å². The van der Waals surface area contributed by atoms with Gasteiger partial charge in [-0.15, -0.1) is 11.3 Å². The molecule has 6 nitrogen and oxygen atoms in total. The van der Waals surface area contributed by atoms with E-state index in [1.54, 1.807) is 18.2 Å². The van der Waals surface area contributed by atoms with Gasteiger partial charge in [0.2, 0.25) is 10.0 Å². The van der Waals surface area contributed by atoms with Crippen molar-refractivity contribution in [3.05, 3.63) is 40.2 Å². The number of thiazole rings is 1. The van der Waals surface area contributed by atoms with Crippen molar-refractivity contribution < 1.29 is 17.9 Å². The van der Waals surface area contributed by atoms with E-state index in [4.69, 9.17) is 4.74 Å². The van der Waals surface area contributed by atoms with Crippen molar-refractivity contribution in [2.45, 2.75) is 32.3 Å². The number of nitrogens with one attached hydrogen (secondary N) is 1. The van der Waals surface area contributed by atoms with Crippen molar-refractivity contribution in [3.8, 4) is 11.3 Å². The lowest BCUT2D eigenvalue weighted by atomic mass is 10.1. The molecule has 1 fully saturated rings. The summed E-state index contributed by atoms with van der Waals surface area (Å²) in [7, 11) is -3.74. The molecule has 1 atom stereocenters. The predicted molar refractivity (Wildman–Crippen MR) is 97.1 cm³/mol.